The highest BCUT2D eigenvalue weighted by atomic mass is 16.5. The van der Waals surface area contributed by atoms with Gasteiger partial charge in [-0.25, -0.2) is 0 Å². The second-order valence-corrected chi connectivity index (χ2v) is 5.24. The second kappa shape index (κ2) is 4.87. The van der Waals surface area contributed by atoms with Crippen LogP contribution in [0.5, 0.6) is 5.88 Å². The SMILES string of the molecule is CC(C)(C)Nc1ccc(OC2CCOC2)nn1. The highest BCUT2D eigenvalue weighted by Gasteiger charge is 2.18. The van der Waals surface area contributed by atoms with Gasteiger partial charge in [-0.05, 0) is 26.8 Å². The van der Waals surface area contributed by atoms with Gasteiger partial charge in [-0.2, -0.15) is 0 Å². The Hall–Kier alpha value is -1.36. The van der Waals surface area contributed by atoms with Crippen LogP contribution in [0.1, 0.15) is 27.2 Å². The van der Waals surface area contributed by atoms with E-state index >= 15 is 0 Å². The van der Waals surface area contributed by atoms with Gasteiger partial charge in [0.05, 0.1) is 13.2 Å². The lowest BCUT2D eigenvalue weighted by Gasteiger charge is -2.20. The van der Waals surface area contributed by atoms with Crippen LogP contribution in [0.25, 0.3) is 0 Å². The normalized spacial score (nSPS) is 20.3. The number of hydrogen-bond donors (Lipinski definition) is 1. The number of aromatic nitrogens is 2. The van der Waals surface area contributed by atoms with Crippen LogP contribution in [0.15, 0.2) is 12.1 Å². The molecule has 1 N–H and O–H groups in total. The number of nitrogens with zero attached hydrogens (tertiary/aromatic N) is 2. The molecule has 1 aliphatic rings. The minimum Gasteiger partial charge on any atom is -0.471 e. The van der Waals surface area contributed by atoms with E-state index < -0.39 is 0 Å². The Bertz CT molecular complexity index is 353. The monoisotopic (exact) mass is 237 g/mol. The lowest BCUT2D eigenvalue weighted by Crippen LogP contribution is -2.26. The molecule has 2 heterocycles. The molecule has 2 rings (SSSR count). The van der Waals surface area contributed by atoms with Crippen LogP contribution >= 0.6 is 0 Å². The Kier molecular flexibility index (Phi) is 3.47. The van der Waals surface area contributed by atoms with Gasteiger partial charge < -0.3 is 14.8 Å². The third-order valence-electron chi connectivity index (χ3n) is 2.32. The second-order valence-electron chi connectivity index (χ2n) is 5.24. The lowest BCUT2D eigenvalue weighted by atomic mass is 10.1. The number of hydrogen-bond acceptors (Lipinski definition) is 5. The summed E-state index contributed by atoms with van der Waals surface area (Å²) < 4.78 is 10.9. The van der Waals surface area contributed by atoms with Crippen molar-refractivity contribution in [2.75, 3.05) is 18.5 Å². The molecule has 1 aromatic rings. The van der Waals surface area contributed by atoms with Gasteiger partial charge in [0.15, 0.2) is 0 Å². The van der Waals surface area contributed by atoms with Crippen LogP contribution in [0, 0.1) is 0 Å². The summed E-state index contributed by atoms with van der Waals surface area (Å²) in [4.78, 5) is 0. The number of ether oxygens (including phenoxy) is 2. The number of rotatable bonds is 3. The standard InChI is InChI=1S/C12H19N3O2/c1-12(2,3)13-10-4-5-11(15-14-10)17-9-6-7-16-8-9/h4-5,9H,6-8H2,1-3H3,(H,13,14). The summed E-state index contributed by atoms with van der Waals surface area (Å²) in [6.07, 6.45) is 1.04. The molecule has 94 valence electrons. The Morgan fingerprint density at radius 1 is 1.35 bits per heavy atom. The molecule has 1 unspecified atom stereocenters. The highest BCUT2D eigenvalue weighted by molar-refractivity contribution is 5.36. The molecule has 5 heteroatoms. The van der Waals surface area contributed by atoms with Crippen molar-refractivity contribution in [1.82, 2.24) is 10.2 Å². The van der Waals surface area contributed by atoms with E-state index in [1.165, 1.54) is 0 Å². The van der Waals surface area contributed by atoms with Crippen molar-refractivity contribution in [3.63, 3.8) is 0 Å². The third kappa shape index (κ3) is 3.85. The van der Waals surface area contributed by atoms with E-state index in [0.717, 1.165) is 18.8 Å². The quantitative estimate of drug-likeness (QED) is 0.869. The van der Waals surface area contributed by atoms with Gasteiger partial charge in [-0.15, -0.1) is 10.2 Å². The Morgan fingerprint density at radius 3 is 2.71 bits per heavy atom. The van der Waals surface area contributed by atoms with Crippen LogP contribution in [0.3, 0.4) is 0 Å². The molecular formula is C12H19N3O2. The third-order valence-corrected chi connectivity index (χ3v) is 2.32. The van der Waals surface area contributed by atoms with E-state index in [2.05, 4.69) is 36.3 Å². The minimum atomic E-state index is -0.0175. The summed E-state index contributed by atoms with van der Waals surface area (Å²) in [5, 5.41) is 11.4. The molecule has 0 aliphatic carbocycles. The maximum absolute atomic E-state index is 5.63. The summed E-state index contributed by atoms with van der Waals surface area (Å²) in [5.41, 5.74) is -0.0175. The fraction of sp³-hybridized carbons (Fsp3) is 0.667. The molecule has 1 atom stereocenters. The predicted molar refractivity (Wildman–Crippen MR) is 65.3 cm³/mol. The van der Waals surface area contributed by atoms with Crippen molar-refractivity contribution in [3.8, 4) is 5.88 Å². The molecule has 5 nitrogen and oxygen atoms in total. The molecule has 0 saturated carbocycles. The van der Waals surface area contributed by atoms with Gasteiger partial charge in [-0.1, -0.05) is 0 Å². The van der Waals surface area contributed by atoms with Crippen molar-refractivity contribution in [2.45, 2.75) is 38.8 Å². The Balaban J connectivity index is 1.93. The molecule has 0 bridgehead atoms. The first-order chi connectivity index (χ1) is 8.03. The Labute approximate surface area is 102 Å². The molecule has 1 aliphatic heterocycles. The summed E-state index contributed by atoms with van der Waals surface area (Å²) in [5.74, 6) is 1.31. The molecule has 1 fully saturated rings. The summed E-state index contributed by atoms with van der Waals surface area (Å²) in [7, 11) is 0. The number of nitrogens with one attached hydrogen (secondary N) is 1. The molecule has 0 radical (unpaired) electrons. The van der Waals surface area contributed by atoms with E-state index in [0.29, 0.717) is 12.5 Å². The van der Waals surface area contributed by atoms with E-state index in [-0.39, 0.29) is 11.6 Å². The van der Waals surface area contributed by atoms with Crippen molar-refractivity contribution >= 4 is 5.82 Å². The van der Waals surface area contributed by atoms with E-state index in [1.807, 2.05) is 12.1 Å². The van der Waals surface area contributed by atoms with Gasteiger partial charge in [0, 0.05) is 18.0 Å². The largest absolute Gasteiger partial charge is 0.471 e. The Morgan fingerprint density at radius 2 is 2.18 bits per heavy atom. The van der Waals surface area contributed by atoms with Gasteiger partial charge in [-0.3, -0.25) is 0 Å². The molecular weight excluding hydrogens is 218 g/mol. The summed E-state index contributed by atoms with van der Waals surface area (Å²) >= 11 is 0. The zero-order valence-corrected chi connectivity index (χ0v) is 10.6. The maximum atomic E-state index is 5.63. The first kappa shape index (κ1) is 12.1. The van der Waals surface area contributed by atoms with E-state index in [1.54, 1.807) is 0 Å². The van der Waals surface area contributed by atoms with Crippen LogP contribution in [0.4, 0.5) is 5.82 Å². The van der Waals surface area contributed by atoms with Crippen LogP contribution in [-0.2, 0) is 4.74 Å². The minimum absolute atomic E-state index is 0.0175. The zero-order chi connectivity index (χ0) is 12.3. The predicted octanol–water partition coefficient (Wildman–Crippen LogP) is 1.85. The first-order valence-electron chi connectivity index (χ1n) is 5.89. The zero-order valence-electron chi connectivity index (χ0n) is 10.6. The van der Waals surface area contributed by atoms with Crippen molar-refractivity contribution < 1.29 is 9.47 Å². The van der Waals surface area contributed by atoms with Crippen LogP contribution in [0.2, 0.25) is 0 Å². The fourth-order valence-electron chi connectivity index (χ4n) is 1.61. The van der Waals surface area contributed by atoms with E-state index in [4.69, 9.17) is 9.47 Å². The molecule has 0 amide bonds. The van der Waals surface area contributed by atoms with Gasteiger partial charge >= 0.3 is 0 Å². The van der Waals surface area contributed by atoms with Gasteiger partial charge in [0.25, 0.3) is 0 Å². The van der Waals surface area contributed by atoms with Gasteiger partial charge in [0.2, 0.25) is 5.88 Å². The first-order valence-corrected chi connectivity index (χ1v) is 5.89. The van der Waals surface area contributed by atoms with Crippen molar-refractivity contribution in [2.24, 2.45) is 0 Å². The molecule has 0 aromatic carbocycles. The fourth-order valence-corrected chi connectivity index (χ4v) is 1.61. The highest BCUT2D eigenvalue weighted by Crippen LogP contribution is 2.16. The molecule has 1 saturated heterocycles. The number of anilines is 1. The average Bonchev–Trinajstić information content (AvgIpc) is 2.71. The van der Waals surface area contributed by atoms with Crippen LogP contribution < -0.4 is 10.1 Å². The van der Waals surface area contributed by atoms with Crippen molar-refractivity contribution in [3.05, 3.63) is 12.1 Å². The summed E-state index contributed by atoms with van der Waals surface area (Å²) in [6.45, 7) is 7.64. The van der Waals surface area contributed by atoms with E-state index in [9.17, 15) is 0 Å². The molecule has 0 spiro atoms. The van der Waals surface area contributed by atoms with Gasteiger partial charge in [0.1, 0.15) is 11.9 Å². The maximum Gasteiger partial charge on any atom is 0.233 e. The summed E-state index contributed by atoms with van der Waals surface area (Å²) in [6, 6.07) is 3.71. The van der Waals surface area contributed by atoms with Crippen molar-refractivity contribution in [1.29, 1.82) is 0 Å². The smallest absolute Gasteiger partial charge is 0.233 e. The topological polar surface area (TPSA) is 56.3 Å². The molecule has 17 heavy (non-hydrogen) atoms. The average molecular weight is 237 g/mol. The lowest BCUT2D eigenvalue weighted by molar-refractivity contribution is 0.137. The van der Waals surface area contributed by atoms with Crippen LogP contribution in [-0.4, -0.2) is 35.1 Å². The molecule has 1 aromatic heterocycles.